The molecule has 0 bridgehead atoms. The van der Waals surface area contributed by atoms with Crippen LogP contribution in [0.5, 0.6) is 17.2 Å². The Morgan fingerprint density at radius 2 is 1.79 bits per heavy atom. The molecule has 1 aliphatic heterocycles. The van der Waals surface area contributed by atoms with Gasteiger partial charge in [0.15, 0.2) is 11.5 Å². The molecule has 3 aromatic rings. The van der Waals surface area contributed by atoms with E-state index in [1.54, 1.807) is 36.4 Å². The summed E-state index contributed by atoms with van der Waals surface area (Å²) < 4.78 is 17.3. The number of amides is 4. The van der Waals surface area contributed by atoms with Gasteiger partial charge in [-0.25, -0.2) is 9.69 Å². The Hall–Kier alpha value is -4.31. The van der Waals surface area contributed by atoms with E-state index < -0.39 is 24.4 Å². The Bertz CT molecular complexity index is 1420. The van der Waals surface area contributed by atoms with E-state index in [1.807, 2.05) is 31.2 Å². The zero-order chi connectivity index (χ0) is 27.2. The number of carbonyl (C=O) groups is 3. The molecule has 1 aliphatic rings. The lowest BCUT2D eigenvalue weighted by Gasteiger charge is -2.14. The molecule has 1 heterocycles. The van der Waals surface area contributed by atoms with Gasteiger partial charge in [-0.15, -0.1) is 0 Å². The number of nitrogens with zero attached hydrogens (tertiary/aromatic N) is 1. The van der Waals surface area contributed by atoms with Gasteiger partial charge < -0.3 is 24.8 Å². The molecule has 3 aromatic carbocycles. The lowest BCUT2D eigenvalue weighted by atomic mass is 10.1. The van der Waals surface area contributed by atoms with Crippen LogP contribution < -0.4 is 24.8 Å². The molecular formula is C28H26BrN3O6. The molecule has 0 radical (unpaired) electrons. The van der Waals surface area contributed by atoms with Crippen molar-refractivity contribution in [2.45, 2.75) is 13.5 Å². The SMILES string of the molecule is COc1ccccc1NC(=O)CN1C(=O)N/C(=C/c2cc(Br)c(OCc3cccc(C)c3)c(OC)c2)C1=O. The Kier molecular flexibility index (Phi) is 8.32. The van der Waals surface area contributed by atoms with E-state index in [0.717, 1.165) is 16.0 Å². The zero-order valence-corrected chi connectivity index (χ0v) is 22.6. The van der Waals surface area contributed by atoms with E-state index in [-0.39, 0.29) is 5.70 Å². The van der Waals surface area contributed by atoms with Crippen molar-refractivity contribution in [2.24, 2.45) is 0 Å². The van der Waals surface area contributed by atoms with Crippen LogP contribution in [0.25, 0.3) is 6.08 Å². The largest absolute Gasteiger partial charge is 0.495 e. The van der Waals surface area contributed by atoms with Crippen LogP contribution in [-0.4, -0.2) is 43.5 Å². The fraction of sp³-hybridized carbons (Fsp3) is 0.179. The topological polar surface area (TPSA) is 106 Å². The van der Waals surface area contributed by atoms with Gasteiger partial charge in [0.1, 0.15) is 24.6 Å². The van der Waals surface area contributed by atoms with E-state index >= 15 is 0 Å². The van der Waals surface area contributed by atoms with Gasteiger partial charge in [0.2, 0.25) is 5.91 Å². The molecule has 38 heavy (non-hydrogen) atoms. The second kappa shape index (κ2) is 11.8. The number of nitrogens with one attached hydrogen (secondary N) is 2. The summed E-state index contributed by atoms with van der Waals surface area (Å²) in [7, 11) is 3.00. The third-order valence-electron chi connectivity index (χ3n) is 5.67. The lowest BCUT2D eigenvalue weighted by Crippen LogP contribution is -2.38. The number of hydrogen-bond acceptors (Lipinski definition) is 6. The van der Waals surface area contributed by atoms with Crippen LogP contribution in [0, 0.1) is 6.92 Å². The maximum absolute atomic E-state index is 12.9. The summed E-state index contributed by atoms with van der Waals surface area (Å²) in [5.74, 6) is 0.250. The molecule has 196 valence electrons. The maximum Gasteiger partial charge on any atom is 0.329 e. The van der Waals surface area contributed by atoms with Crippen molar-refractivity contribution in [3.63, 3.8) is 0 Å². The quantitative estimate of drug-likeness (QED) is 0.276. The van der Waals surface area contributed by atoms with Gasteiger partial charge in [-0.1, -0.05) is 42.0 Å². The molecule has 0 aliphatic carbocycles. The number of carbonyl (C=O) groups excluding carboxylic acids is 3. The highest BCUT2D eigenvalue weighted by molar-refractivity contribution is 9.10. The molecule has 4 rings (SSSR count). The first kappa shape index (κ1) is 26.7. The first-order chi connectivity index (χ1) is 18.3. The summed E-state index contributed by atoms with van der Waals surface area (Å²) >= 11 is 3.51. The van der Waals surface area contributed by atoms with Crippen molar-refractivity contribution in [1.82, 2.24) is 10.2 Å². The van der Waals surface area contributed by atoms with Gasteiger partial charge in [-0.05, 0) is 64.3 Å². The van der Waals surface area contributed by atoms with Crippen LogP contribution in [0.15, 0.2) is 70.8 Å². The Morgan fingerprint density at radius 3 is 2.53 bits per heavy atom. The second-order valence-electron chi connectivity index (χ2n) is 8.44. The molecule has 1 saturated heterocycles. The summed E-state index contributed by atoms with van der Waals surface area (Å²) in [5.41, 5.74) is 3.19. The van der Waals surface area contributed by atoms with E-state index in [9.17, 15) is 14.4 Å². The number of rotatable bonds is 9. The molecular weight excluding hydrogens is 554 g/mol. The molecule has 4 amide bonds. The number of aryl methyl sites for hydroxylation is 1. The van der Waals surface area contributed by atoms with Gasteiger partial charge in [0, 0.05) is 0 Å². The third-order valence-corrected chi connectivity index (χ3v) is 6.26. The number of halogens is 1. The van der Waals surface area contributed by atoms with Crippen LogP contribution in [0.2, 0.25) is 0 Å². The number of hydrogen-bond donors (Lipinski definition) is 2. The van der Waals surface area contributed by atoms with E-state index in [1.165, 1.54) is 20.3 Å². The highest BCUT2D eigenvalue weighted by atomic mass is 79.9. The van der Waals surface area contributed by atoms with E-state index in [0.29, 0.717) is 39.6 Å². The van der Waals surface area contributed by atoms with Crippen molar-refractivity contribution in [3.05, 3.63) is 87.5 Å². The normalized spacial score (nSPS) is 13.9. The molecule has 2 N–H and O–H groups in total. The summed E-state index contributed by atoms with van der Waals surface area (Å²) in [6, 6.07) is 17.6. The van der Waals surface area contributed by atoms with Crippen molar-refractivity contribution >= 4 is 45.5 Å². The van der Waals surface area contributed by atoms with E-state index in [2.05, 4.69) is 26.6 Å². The predicted octanol–water partition coefficient (Wildman–Crippen LogP) is 4.89. The number of benzene rings is 3. The lowest BCUT2D eigenvalue weighted by molar-refractivity contribution is -0.127. The number of anilines is 1. The highest BCUT2D eigenvalue weighted by Crippen LogP contribution is 2.38. The highest BCUT2D eigenvalue weighted by Gasteiger charge is 2.35. The maximum atomic E-state index is 12.9. The number of para-hydroxylation sites is 2. The van der Waals surface area contributed by atoms with Crippen LogP contribution >= 0.6 is 15.9 Å². The van der Waals surface area contributed by atoms with Gasteiger partial charge >= 0.3 is 6.03 Å². The summed E-state index contributed by atoms with van der Waals surface area (Å²) in [6.07, 6.45) is 1.51. The third kappa shape index (κ3) is 6.15. The minimum Gasteiger partial charge on any atom is -0.495 e. The summed E-state index contributed by atoms with van der Waals surface area (Å²) in [6.45, 7) is 1.90. The number of urea groups is 1. The molecule has 9 nitrogen and oxygen atoms in total. The smallest absolute Gasteiger partial charge is 0.329 e. The first-order valence-corrected chi connectivity index (χ1v) is 12.4. The minimum atomic E-state index is -0.694. The van der Waals surface area contributed by atoms with E-state index in [4.69, 9.17) is 14.2 Å². The van der Waals surface area contributed by atoms with Gasteiger partial charge in [0.25, 0.3) is 5.91 Å². The van der Waals surface area contributed by atoms with Crippen LogP contribution in [0.1, 0.15) is 16.7 Å². The van der Waals surface area contributed by atoms with Crippen LogP contribution in [-0.2, 0) is 16.2 Å². The van der Waals surface area contributed by atoms with Crippen molar-refractivity contribution < 1.29 is 28.6 Å². The Labute approximate surface area is 228 Å². The van der Waals surface area contributed by atoms with Gasteiger partial charge in [-0.2, -0.15) is 0 Å². The fourth-order valence-corrected chi connectivity index (χ4v) is 4.46. The van der Waals surface area contributed by atoms with Gasteiger partial charge in [-0.3, -0.25) is 9.59 Å². The molecule has 10 heteroatoms. The van der Waals surface area contributed by atoms with Gasteiger partial charge in [0.05, 0.1) is 24.4 Å². The monoisotopic (exact) mass is 579 g/mol. The second-order valence-corrected chi connectivity index (χ2v) is 9.29. The average molecular weight is 580 g/mol. The molecule has 0 unspecified atom stereocenters. The molecule has 0 saturated carbocycles. The van der Waals surface area contributed by atoms with Crippen molar-refractivity contribution in [3.8, 4) is 17.2 Å². The number of ether oxygens (including phenoxy) is 3. The summed E-state index contributed by atoms with van der Waals surface area (Å²) in [5, 5.41) is 5.18. The molecule has 0 atom stereocenters. The minimum absolute atomic E-state index is 0.0301. The molecule has 1 fully saturated rings. The standard InChI is InChI=1S/C28H26BrN3O6/c1-17-7-6-8-18(11-17)16-38-26-20(29)12-19(14-24(26)37-3)13-22-27(34)32(28(35)31-22)15-25(33)30-21-9-4-5-10-23(21)36-2/h4-14H,15-16H2,1-3H3,(H,30,33)(H,31,35)/b22-13+. The average Bonchev–Trinajstić information content (AvgIpc) is 3.15. The van der Waals surface area contributed by atoms with Crippen molar-refractivity contribution in [2.75, 3.05) is 26.1 Å². The predicted molar refractivity (Wildman–Crippen MR) is 146 cm³/mol. The number of methoxy groups -OCH3 is 2. The Balaban J connectivity index is 1.47. The van der Waals surface area contributed by atoms with Crippen LogP contribution in [0.4, 0.5) is 10.5 Å². The zero-order valence-electron chi connectivity index (χ0n) is 21.0. The summed E-state index contributed by atoms with van der Waals surface area (Å²) in [4.78, 5) is 38.8. The fourth-order valence-electron chi connectivity index (χ4n) is 3.88. The van der Waals surface area contributed by atoms with Crippen LogP contribution in [0.3, 0.4) is 0 Å². The number of imide groups is 1. The first-order valence-electron chi connectivity index (χ1n) is 11.6. The molecule has 0 aromatic heterocycles. The Morgan fingerprint density at radius 1 is 1.03 bits per heavy atom. The van der Waals surface area contributed by atoms with Crippen molar-refractivity contribution in [1.29, 1.82) is 0 Å². The molecule has 0 spiro atoms.